The van der Waals surface area contributed by atoms with Crippen LogP contribution in [0.2, 0.25) is 0 Å². The minimum absolute atomic E-state index is 0.0353. The van der Waals surface area contributed by atoms with Crippen molar-refractivity contribution < 1.29 is 0 Å². The first-order valence-corrected chi connectivity index (χ1v) is 6.50. The van der Waals surface area contributed by atoms with E-state index >= 15 is 0 Å². The molecule has 0 aliphatic rings. The second-order valence-corrected chi connectivity index (χ2v) is 6.19. The van der Waals surface area contributed by atoms with Crippen LogP contribution in [0.25, 0.3) is 5.52 Å². The third-order valence-electron chi connectivity index (χ3n) is 3.28. The number of aromatic nitrogens is 2. The molecule has 0 aliphatic carbocycles. The Morgan fingerprint density at radius 2 is 1.74 bits per heavy atom. The highest BCUT2D eigenvalue weighted by molar-refractivity contribution is 5.47. The van der Waals surface area contributed by atoms with Gasteiger partial charge in [-0.15, -0.1) is 0 Å². The zero-order valence-corrected chi connectivity index (χ0v) is 12.1. The number of pyridine rings is 1. The number of rotatable bonds is 1. The van der Waals surface area contributed by atoms with Crippen LogP contribution < -0.4 is 11.2 Å². The van der Waals surface area contributed by atoms with Crippen molar-refractivity contribution in [3.05, 3.63) is 50.8 Å². The predicted molar refractivity (Wildman–Crippen MR) is 77.0 cm³/mol. The Kier molecular flexibility index (Phi) is 3.12. The normalized spacial score (nSPS) is 12.3. The molecule has 2 aromatic heterocycles. The van der Waals surface area contributed by atoms with E-state index in [9.17, 15) is 9.59 Å². The topological polar surface area (TPSA) is 43.5 Å². The molecule has 0 amide bonds. The van der Waals surface area contributed by atoms with Gasteiger partial charge in [-0.2, -0.15) is 0 Å². The molecule has 0 fully saturated rings. The van der Waals surface area contributed by atoms with Crippen LogP contribution in [-0.2, 0) is 5.41 Å². The summed E-state index contributed by atoms with van der Waals surface area (Å²) in [6, 6.07) is 5.16. The second kappa shape index (κ2) is 4.37. The first-order valence-electron chi connectivity index (χ1n) is 6.50. The van der Waals surface area contributed by atoms with E-state index in [0.717, 1.165) is 5.56 Å². The van der Waals surface area contributed by atoms with Crippen LogP contribution >= 0.6 is 0 Å². The molecule has 0 unspecified atom stereocenters. The maximum atomic E-state index is 12.4. The van der Waals surface area contributed by atoms with E-state index in [2.05, 4.69) is 20.8 Å². The van der Waals surface area contributed by atoms with Crippen LogP contribution in [0, 0.1) is 0 Å². The molecule has 0 aliphatic heterocycles. The van der Waals surface area contributed by atoms with Gasteiger partial charge in [-0.3, -0.25) is 13.8 Å². The van der Waals surface area contributed by atoms with Crippen LogP contribution in [-0.4, -0.2) is 8.97 Å². The highest BCUT2D eigenvalue weighted by Gasteiger charge is 2.16. The molecule has 2 heterocycles. The minimum atomic E-state index is -0.274. The van der Waals surface area contributed by atoms with Crippen LogP contribution in [0.1, 0.15) is 46.2 Å². The van der Waals surface area contributed by atoms with Crippen LogP contribution in [0.5, 0.6) is 0 Å². The molecule has 4 nitrogen and oxygen atoms in total. The van der Waals surface area contributed by atoms with Crippen LogP contribution in [0.3, 0.4) is 0 Å². The lowest BCUT2D eigenvalue weighted by Crippen LogP contribution is -2.38. The monoisotopic (exact) mass is 260 g/mol. The number of nitrogens with zero attached hydrogens (tertiary/aromatic N) is 2. The number of fused-ring (bicyclic) bond motifs is 1. The summed E-state index contributed by atoms with van der Waals surface area (Å²) in [6.07, 6.45) is 1.83. The molecular weight excluding hydrogens is 240 g/mol. The van der Waals surface area contributed by atoms with Crippen molar-refractivity contribution in [1.82, 2.24) is 8.97 Å². The smallest absolute Gasteiger partial charge is 0.269 e. The summed E-state index contributed by atoms with van der Waals surface area (Å²) in [5, 5.41) is 0. The predicted octanol–water partition coefficient (Wildman–Crippen LogP) is 2.34. The summed E-state index contributed by atoms with van der Waals surface area (Å²) in [5.41, 5.74) is 1.15. The molecule has 0 aromatic carbocycles. The van der Waals surface area contributed by atoms with Gasteiger partial charge in [0.15, 0.2) is 0 Å². The molecule has 0 N–H and O–H groups in total. The van der Waals surface area contributed by atoms with Gasteiger partial charge in [0.25, 0.3) is 5.56 Å². The summed E-state index contributed by atoms with van der Waals surface area (Å²) >= 11 is 0. The first kappa shape index (κ1) is 13.6. The SMILES string of the molecule is CC(C)n1c(=O)cc2ccc(C(C)(C)C)cn2c1=O. The Morgan fingerprint density at radius 3 is 2.26 bits per heavy atom. The maximum Gasteiger partial charge on any atom is 0.335 e. The van der Waals surface area contributed by atoms with E-state index in [-0.39, 0.29) is 22.7 Å². The molecule has 2 rings (SSSR count). The van der Waals surface area contributed by atoms with Gasteiger partial charge < -0.3 is 0 Å². The van der Waals surface area contributed by atoms with Gasteiger partial charge in [-0.05, 0) is 30.9 Å². The summed E-state index contributed by atoms with van der Waals surface area (Å²) in [5.74, 6) is 0. The molecule has 0 saturated carbocycles. The average molecular weight is 260 g/mol. The van der Waals surface area contributed by atoms with Gasteiger partial charge in [-0.25, -0.2) is 4.79 Å². The molecule has 2 aromatic rings. The van der Waals surface area contributed by atoms with E-state index in [4.69, 9.17) is 0 Å². The fraction of sp³-hybridized carbons (Fsp3) is 0.467. The molecule has 0 saturated heterocycles. The third kappa shape index (κ3) is 2.35. The molecule has 0 radical (unpaired) electrons. The fourth-order valence-electron chi connectivity index (χ4n) is 2.12. The second-order valence-electron chi connectivity index (χ2n) is 6.19. The Morgan fingerprint density at radius 1 is 1.11 bits per heavy atom. The van der Waals surface area contributed by atoms with Crippen LogP contribution in [0.4, 0.5) is 0 Å². The van der Waals surface area contributed by atoms with E-state index in [1.807, 2.05) is 32.2 Å². The molecule has 0 bridgehead atoms. The van der Waals surface area contributed by atoms with E-state index in [0.29, 0.717) is 5.52 Å². The Hall–Kier alpha value is -1.84. The largest absolute Gasteiger partial charge is 0.335 e. The minimum Gasteiger partial charge on any atom is -0.269 e. The highest BCUT2D eigenvalue weighted by Crippen LogP contribution is 2.21. The van der Waals surface area contributed by atoms with Crippen molar-refractivity contribution in [2.24, 2.45) is 0 Å². The van der Waals surface area contributed by atoms with Crippen molar-refractivity contribution >= 4 is 5.52 Å². The molecule has 102 valence electrons. The number of hydrogen-bond acceptors (Lipinski definition) is 2. The Bertz CT molecular complexity index is 730. The van der Waals surface area contributed by atoms with Gasteiger partial charge in [0.05, 0.1) is 5.52 Å². The molecule has 0 atom stereocenters. The quantitative estimate of drug-likeness (QED) is 0.790. The molecular formula is C15H20N2O2. The summed E-state index contributed by atoms with van der Waals surface area (Å²) in [4.78, 5) is 24.3. The van der Waals surface area contributed by atoms with Gasteiger partial charge in [0, 0.05) is 18.3 Å². The van der Waals surface area contributed by atoms with Crippen molar-refractivity contribution in [3.63, 3.8) is 0 Å². The zero-order chi connectivity index (χ0) is 14.4. The van der Waals surface area contributed by atoms with Gasteiger partial charge in [0.1, 0.15) is 0 Å². The molecule has 19 heavy (non-hydrogen) atoms. The van der Waals surface area contributed by atoms with E-state index in [1.165, 1.54) is 10.6 Å². The van der Waals surface area contributed by atoms with Gasteiger partial charge >= 0.3 is 5.69 Å². The number of hydrogen-bond donors (Lipinski definition) is 0. The maximum absolute atomic E-state index is 12.4. The summed E-state index contributed by atoms with van der Waals surface area (Å²) < 4.78 is 2.83. The Balaban J connectivity index is 2.86. The van der Waals surface area contributed by atoms with E-state index < -0.39 is 0 Å². The van der Waals surface area contributed by atoms with Gasteiger partial charge in [0.2, 0.25) is 0 Å². The van der Waals surface area contributed by atoms with Crippen molar-refractivity contribution in [2.75, 3.05) is 0 Å². The van der Waals surface area contributed by atoms with E-state index in [1.54, 1.807) is 4.40 Å². The molecule has 0 spiro atoms. The average Bonchev–Trinajstić information content (AvgIpc) is 2.26. The van der Waals surface area contributed by atoms with Gasteiger partial charge in [-0.1, -0.05) is 26.8 Å². The van der Waals surface area contributed by atoms with Crippen molar-refractivity contribution in [1.29, 1.82) is 0 Å². The highest BCUT2D eigenvalue weighted by atomic mass is 16.2. The Labute approximate surface area is 112 Å². The lowest BCUT2D eigenvalue weighted by molar-refractivity contribution is 0.537. The van der Waals surface area contributed by atoms with Crippen LogP contribution in [0.15, 0.2) is 34.0 Å². The first-order chi connectivity index (χ1) is 8.71. The van der Waals surface area contributed by atoms with Crippen molar-refractivity contribution in [2.45, 2.75) is 46.1 Å². The summed E-state index contributed by atoms with van der Waals surface area (Å²) in [6.45, 7) is 9.96. The zero-order valence-electron chi connectivity index (χ0n) is 12.1. The lowest BCUT2D eigenvalue weighted by atomic mass is 9.88. The van der Waals surface area contributed by atoms with Crippen molar-refractivity contribution in [3.8, 4) is 0 Å². The summed E-state index contributed by atoms with van der Waals surface area (Å²) in [7, 11) is 0. The third-order valence-corrected chi connectivity index (χ3v) is 3.28. The lowest BCUT2D eigenvalue weighted by Gasteiger charge is -2.20. The standard InChI is InChI=1S/C15H20N2O2/c1-10(2)17-13(18)8-12-7-6-11(15(3,4)5)9-16(12)14(17)19/h6-10H,1-5H3. The fourth-order valence-corrected chi connectivity index (χ4v) is 2.12. The molecule has 4 heteroatoms.